The largest absolute Gasteiger partial charge is 0.481 e. The van der Waals surface area contributed by atoms with E-state index in [1.54, 1.807) is 14.0 Å². The zero-order valence-electron chi connectivity index (χ0n) is 12.9. The Hall–Kier alpha value is -1.88. The lowest BCUT2D eigenvalue weighted by Crippen LogP contribution is -2.35. The lowest BCUT2D eigenvalue weighted by atomic mass is 10.00. The van der Waals surface area contributed by atoms with Gasteiger partial charge in [0.25, 0.3) is 0 Å². The van der Waals surface area contributed by atoms with Crippen molar-refractivity contribution in [2.24, 2.45) is 0 Å². The molecule has 116 valence electrons. The second-order valence-corrected chi connectivity index (χ2v) is 5.19. The summed E-state index contributed by atoms with van der Waals surface area (Å²) in [7, 11) is 1.63. The molecule has 5 nitrogen and oxygen atoms in total. The van der Waals surface area contributed by atoms with E-state index < -0.39 is 11.9 Å². The second kappa shape index (κ2) is 8.42. The zero-order chi connectivity index (χ0) is 15.8. The Morgan fingerprint density at radius 1 is 1.29 bits per heavy atom. The summed E-state index contributed by atoms with van der Waals surface area (Å²) in [6, 6.07) is 7.55. The molecule has 2 N–H and O–H groups in total. The van der Waals surface area contributed by atoms with Crippen LogP contribution in [-0.4, -0.2) is 42.0 Å². The smallest absolute Gasteiger partial charge is 0.310 e. The van der Waals surface area contributed by atoms with Gasteiger partial charge in [0.2, 0.25) is 5.91 Å². The van der Waals surface area contributed by atoms with Crippen LogP contribution in [0.15, 0.2) is 24.3 Å². The van der Waals surface area contributed by atoms with Gasteiger partial charge in [-0.25, -0.2) is 0 Å². The Morgan fingerprint density at radius 3 is 2.38 bits per heavy atom. The first kappa shape index (κ1) is 17.2. The van der Waals surface area contributed by atoms with Crippen molar-refractivity contribution in [3.8, 4) is 0 Å². The summed E-state index contributed by atoms with van der Waals surface area (Å²) in [4.78, 5) is 24.5. The Bertz CT molecular complexity index is 471. The van der Waals surface area contributed by atoms with E-state index in [2.05, 4.69) is 17.1 Å². The molecule has 0 saturated carbocycles. The fourth-order valence-electron chi connectivity index (χ4n) is 2.12. The topological polar surface area (TPSA) is 69.6 Å². The first-order valence-electron chi connectivity index (χ1n) is 7.22. The number of carboxylic acid groups (broad SMARTS) is 1. The lowest BCUT2D eigenvalue weighted by Gasteiger charge is -2.21. The van der Waals surface area contributed by atoms with Gasteiger partial charge in [-0.05, 0) is 31.0 Å². The van der Waals surface area contributed by atoms with Gasteiger partial charge in [0.1, 0.15) is 0 Å². The number of carboxylic acids is 1. The van der Waals surface area contributed by atoms with Crippen LogP contribution in [0.5, 0.6) is 0 Å². The first-order valence-corrected chi connectivity index (χ1v) is 7.22. The summed E-state index contributed by atoms with van der Waals surface area (Å²) >= 11 is 0. The molecular formula is C16H24N2O3. The van der Waals surface area contributed by atoms with Crippen LogP contribution in [0.3, 0.4) is 0 Å². The quantitative estimate of drug-likeness (QED) is 0.767. The highest BCUT2D eigenvalue weighted by atomic mass is 16.4. The predicted octanol–water partition coefficient (Wildman–Crippen LogP) is 1.83. The van der Waals surface area contributed by atoms with Crippen LogP contribution < -0.4 is 5.32 Å². The van der Waals surface area contributed by atoms with E-state index in [-0.39, 0.29) is 5.91 Å². The number of rotatable bonds is 8. The number of carbonyl (C=O) groups excluding carboxylic acids is 1. The van der Waals surface area contributed by atoms with E-state index in [9.17, 15) is 9.59 Å². The number of benzene rings is 1. The molecule has 1 unspecified atom stereocenters. The van der Waals surface area contributed by atoms with E-state index in [4.69, 9.17) is 5.11 Å². The van der Waals surface area contributed by atoms with Crippen molar-refractivity contribution in [2.45, 2.75) is 32.7 Å². The third-order valence-electron chi connectivity index (χ3n) is 3.44. The van der Waals surface area contributed by atoms with Crippen molar-refractivity contribution >= 4 is 11.9 Å². The molecule has 0 aromatic heterocycles. The molecular weight excluding hydrogens is 268 g/mol. The fraction of sp³-hybridized carbons (Fsp3) is 0.500. The molecule has 21 heavy (non-hydrogen) atoms. The van der Waals surface area contributed by atoms with Gasteiger partial charge in [0.15, 0.2) is 0 Å². The predicted molar refractivity (Wildman–Crippen MR) is 82.1 cm³/mol. The number of carbonyl (C=O) groups is 2. The van der Waals surface area contributed by atoms with Crippen molar-refractivity contribution in [1.29, 1.82) is 0 Å². The number of amides is 1. The number of hydrogen-bond donors (Lipinski definition) is 2. The molecule has 1 aromatic rings. The van der Waals surface area contributed by atoms with Crippen LogP contribution in [0.2, 0.25) is 0 Å². The van der Waals surface area contributed by atoms with Gasteiger partial charge < -0.3 is 10.4 Å². The maximum atomic E-state index is 11.5. The van der Waals surface area contributed by atoms with E-state index in [0.717, 1.165) is 24.1 Å². The molecule has 1 aromatic carbocycles. The molecule has 0 saturated heterocycles. The number of hydrogen-bond acceptors (Lipinski definition) is 3. The summed E-state index contributed by atoms with van der Waals surface area (Å²) in [6.07, 6.45) is 0.977. The molecule has 0 radical (unpaired) electrons. The van der Waals surface area contributed by atoms with Crippen molar-refractivity contribution in [2.75, 3.05) is 20.1 Å². The van der Waals surface area contributed by atoms with E-state index in [1.165, 1.54) is 0 Å². The number of nitrogens with zero attached hydrogens (tertiary/aromatic N) is 1. The standard InChI is InChI=1S/C16H24N2O3/c1-4-9-18(11-15(19)17-3)10-13-5-7-14(8-6-13)12(2)16(20)21/h5-8,12H,4,9-11H2,1-3H3,(H,17,19)(H,20,21). The maximum Gasteiger partial charge on any atom is 0.310 e. The van der Waals surface area contributed by atoms with Crippen LogP contribution in [0.1, 0.15) is 37.3 Å². The van der Waals surface area contributed by atoms with Crippen LogP contribution in [0.4, 0.5) is 0 Å². The van der Waals surface area contributed by atoms with E-state index in [0.29, 0.717) is 13.1 Å². The third-order valence-corrected chi connectivity index (χ3v) is 3.44. The Kier molecular flexibility index (Phi) is 6.88. The molecule has 0 heterocycles. The average Bonchev–Trinajstić information content (AvgIpc) is 2.47. The van der Waals surface area contributed by atoms with Gasteiger partial charge >= 0.3 is 5.97 Å². The summed E-state index contributed by atoms with van der Waals surface area (Å²) in [6.45, 7) is 5.65. The Labute approximate surface area is 126 Å². The molecule has 1 rings (SSSR count). The van der Waals surface area contributed by atoms with Crippen molar-refractivity contribution in [1.82, 2.24) is 10.2 Å². The molecule has 5 heteroatoms. The molecule has 0 aliphatic carbocycles. The monoisotopic (exact) mass is 292 g/mol. The van der Waals surface area contributed by atoms with Gasteiger partial charge in [-0.2, -0.15) is 0 Å². The average molecular weight is 292 g/mol. The summed E-state index contributed by atoms with van der Waals surface area (Å²) < 4.78 is 0. The minimum Gasteiger partial charge on any atom is -0.481 e. The first-order chi connectivity index (χ1) is 9.97. The molecule has 1 atom stereocenters. The highest BCUT2D eigenvalue weighted by molar-refractivity contribution is 5.77. The third kappa shape index (κ3) is 5.55. The Balaban J connectivity index is 2.71. The normalized spacial score (nSPS) is 12.2. The van der Waals surface area contributed by atoms with Crippen LogP contribution in [0.25, 0.3) is 0 Å². The van der Waals surface area contributed by atoms with Gasteiger partial charge in [-0.1, -0.05) is 31.2 Å². The van der Waals surface area contributed by atoms with Gasteiger partial charge in [-0.15, -0.1) is 0 Å². The van der Waals surface area contributed by atoms with Crippen molar-refractivity contribution in [3.05, 3.63) is 35.4 Å². The van der Waals surface area contributed by atoms with Crippen molar-refractivity contribution in [3.63, 3.8) is 0 Å². The highest BCUT2D eigenvalue weighted by Crippen LogP contribution is 2.17. The minimum atomic E-state index is -0.824. The van der Waals surface area contributed by atoms with Gasteiger partial charge in [0.05, 0.1) is 12.5 Å². The summed E-state index contributed by atoms with van der Waals surface area (Å²) in [5.41, 5.74) is 1.87. The van der Waals surface area contributed by atoms with Crippen LogP contribution >= 0.6 is 0 Å². The molecule has 0 fully saturated rings. The lowest BCUT2D eigenvalue weighted by molar-refractivity contribution is -0.138. The molecule has 0 aliphatic heterocycles. The maximum absolute atomic E-state index is 11.5. The minimum absolute atomic E-state index is 0.000399. The van der Waals surface area contributed by atoms with Crippen LogP contribution in [-0.2, 0) is 16.1 Å². The van der Waals surface area contributed by atoms with E-state index >= 15 is 0 Å². The SMILES string of the molecule is CCCN(CC(=O)NC)Cc1ccc(C(C)C(=O)O)cc1. The number of likely N-dealkylation sites (N-methyl/N-ethyl adjacent to an activating group) is 1. The second-order valence-electron chi connectivity index (χ2n) is 5.19. The zero-order valence-corrected chi connectivity index (χ0v) is 12.9. The van der Waals surface area contributed by atoms with E-state index in [1.807, 2.05) is 24.3 Å². The number of aliphatic carboxylic acids is 1. The molecule has 1 amide bonds. The molecule has 0 spiro atoms. The van der Waals surface area contributed by atoms with Crippen molar-refractivity contribution < 1.29 is 14.7 Å². The highest BCUT2D eigenvalue weighted by Gasteiger charge is 2.14. The van der Waals surface area contributed by atoms with Gasteiger partial charge in [0, 0.05) is 13.6 Å². The van der Waals surface area contributed by atoms with Crippen LogP contribution in [0, 0.1) is 0 Å². The summed E-state index contributed by atoms with van der Waals surface area (Å²) in [5.74, 6) is -1.33. The Morgan fingerprint density at radius 2 is 1.90 bits per heavy atom. The molecule has 0 bridgehead atoms. The number of nitrogens with one attached hydrogen (secondary N) is 1. The summed E-state index contributed by atoms with van der Waals surface area (Å²) in [5, 5.41) is 11.6. The fourth-order valence-corrected chi connectivity index (χ4v) is 2.12. The molecule has 0 aliphatic rings. The van der Waals surface area contributed by atoms with Gasteiger partial charge in [-0.3, -0.25) is 14.5 Å².